The van der Waals surface area contributed by atoms with E-state index < -0.39 is 0 Å². The highest BCUT2D eigenvalue weighted by atomic mass is 16.5. The molecule has 1 amide bonds. The fourth-order valence-corrected chi connectivity index (χ4v) is 2.76. The zero-order valence-electron chi connectivity index (χ0n) is 15.0. The Balaban J connectivity index is 1.56. The van der Waals surface area contributed by atoms with Crippen molar-refractivity contribution in [3.8, 4) is 17.2 Å². The van der Waals surface area contributed by atoms with Gasteiger partial charge in [-0.2, -0.15) is 0 Å². The van der Waals surface area contributed by atoms with Gasteiger partial charge in [0.15, 0.2) is 0 Å². The van der Waals surface area contributed by atoms with E-state index in [1.54, 1.807) is 7.11 Å². The SMILES string of the molecule is COc1ccccc1CCNC(=O)Cc1nc(-c2ccccc2)oc1C. The summed E-state index contributed by atoms with van der Waals surface area (Å²) in [7, 11) is 1.65. The number of methoxy groups -OCH3 is 1. The van der Waals surface area contributed by atoms with Crippen LogP contribution in [0.2, 0.25) is 0 Å². The van der Waals surface area contributed by atoms with E-state index in [1.165, 1.54) is 0 Å². The van der Waals surface area contributed by atoms with Crippen molar-refractivity contribution in [1.82, 2.24) is 10.3 Å². The molecule has 0 fully saturated rings. The van der Waals surface area contributed by atoms with Gasteiger partial charge in [0.2, 0.25) is 11.8 Å². The topological polar surface area (TPSA) is 64.4 Å². The first-order chi connectivity index (χ1) is 12.7. The number of carbonyl (C=O) groups excluding carboxylic acids is 1. The molecule has 26 heavy (non-hydrogen) atoms. The lowest BCUT2D eigenvalue weighted by molar-refractivity contribution is -0.120. The number of hydrogen-bond donors (Lipinski definition) is 1. The molecule has 0 unspecified atom stereocenters. The van der Waals surface area contributed by atoms with Crippen molar-refractivity contribution in [3.05, 3.63) is 71.6 Å². The third-order valence-corrected chi connectivity index (χ3v) is 4.15. The predicted molar refractivity (Wildman–Crippen MR) is 100 cm³/mol. The molecule has 0 saturated carbocycles. The summed E-state index contributed by atoms with van der Waals surface area (Å²) in [6.45, 7) is 2.37. The number of amides is 1. The number of aromatic nitrogens is 1. The Morgan fingerprint density at radius 3 is 2.62 bits per heavy atom. The Hall–Kier alpha value is -3.08. The Bertz CT molecular complexity index is 872. The molecular formula is C21H22N2O3. The van der Waals surface area contributed by atoms with Gasteiger partial charge in [0.25, 0.3) is 0 Å². The van der Waals surface area contributed by atoms with Crippen molar-refractivity contribution in [2.75, 3.05) is 13.7 Å². The summed E-state index contributed by atoms with van der Waals surface area (Å²) < 4.78 is 11.0. The summed E-state index contributed by atoms with van der Waals surface area (Å²) in [6.07, 6.45) is 0.914. The minimum atomic E-state index is -0.0732. The largest absolute Gasteiger partial charge is 0.496 e. The normalized spacial score (nSPS) is 10.5. The van der Waals surface area contributed by atoms with Crippen LogP contribution in [0.3, 0.4) is 0 Å². The summed E-state index contributed by atoms with van der Waals surface area (Å²) in [5.41, 5.74) is 2.64. The van der Waals surface area contributed by atoms with Gasteiger partial charge in [-0.15, -0.1) is 0 Å². The number of benzene rings is 2. The van der Waals surface area contributed by atoms with Crippen LogP contribution in [0.1, 0.15) is 17.0 Å². The van der Waals surface area contributed by atoms with Gasteiger partial charge in [-0.1, -0.05) is 36.4 Å². The molecule has 3 aromatic rings. The third kappa shape index (κ3) is 4.30. The standard InChI is InChI=1S/C21H22N2O3/c1-15-18(23-21(26-15)17-9-4-3-5-10-17)14-20(24)22-13-12-16-8-6-7-11-19(16)25-2/h3-11H,12-14H2,1-2H3,(H,22,24). The van der Waals surface area contributed by atoms with Gasteiger partial charge >= 0.3 is 0 Å². The van der Waals surface area contributed by atoms with E-state index in [4.69, 9.17) is 9.15 Å². The van der Waals surface area contributed by atoms with Crippen molar-refractivity contribution >= 4 is 5.91 Å². The van der Waals surface area contributed by atoms with Crippen LogP contribution in [0.15, 0.2) is 59.0 Å². The smallest absolute Gasteiger partial charge is 0.226 e. The summed E-state index contributed by atoms with van der Waals surface area (Å²) in [5.74, 6) is 1.97. The molecule has 0 atom stereocenters. The van der Waals surface area contributed by atoms with Crippen LogP contribution in [0.4, 0.5) is 0 Å². The maximum atomic E-state index is 12.2. The number of para-hydroxylation sites is 1. The Morgan fingerprint density at radius 1 is 1.12 bits per heavy atom. The molecule has 0 bridgehead atoms. The summed E-state index contributed by atoms with van der Waals surface area (Å²) >= 11 is 0. The van der Waals surface area contributed by atoms with Gasteiger partial charge in [-0.25, -0.2) is 4.98 Å². The van der Waals surface area contributed by atoms with E-state index >= 15 is 0 Å². The maximum absolute atomic E-state index is 12.2. The molecule has 0 aliphatic carbocycles. The number of nitrogens with zero attached hydrogens (tertiary/aromatic N) is 1. The average Bonchev–Trinajstić information content (AvgIpc) is 3.03. The lowest BCUT2D eigenvalue weighted by Crippen LogP contribution is -2.27. The molecule has 0 aliphatic heterocycles. The second-order valence-corrected chi connectivity index (χ2v) is 5.98. The fourth-order valence-electron chi connectivity index (χ4n) is 2.76. The maximum Gasteiger partial charge on any atom is 0.226 e. The molecule has 3 rings (SSSR count). The van der Waals surface area contributed by atoms with Crippen molar-refractivity contribution in [3.63, 3.8) is 0 Å². The molecule has 0 radical (unpaired) electrons. The van der Waals surface area contributed by atoms with E-state index in [9.17, 15) is 4.79 Å². The predicted octanol–water partition coefficient (Wildman–Crippen LogP) is 3.56. The first kappa shape index (κ1) is 17.7. The Morgan fingerprint density at radius 2 is 1.85 bits per heavy atom. The third-order valence-electron chi connectivity index (χ3n) is 4.15. The first-order valence-corrected chi connectivity index (χ1v) is 8.57. The number of carbonyl (C=O) groups is 1. The number of rotatable bonds is 7. The van der Waals surface area contributed by atoms with Crippen LogP contribution in [0, 0.1) is 6.92 Å². The number of ether oxygens (including phenoxy) is 1. The zero-order chi connectivity index (χ0) is 18.4. The molecule has 5 heteroatoms. The molecule has 5 nitrogen and oxygen atoms in total. The van der Waals surface area contributed by atoms with Crippen LogP contribution in [-0.2, 0) is 17.6 Å². The minimum absolute atomic E-state index is 0.0732. The summed E-state index contributed by atoms with van der Waals surface area (Å²) in [6, 6.07) is 17.5. The van der Waals surface area contributed by atoms with Crippen molar-refractivity contribution in [1.29, 1.82) is 0 Å². The van der Waals surface area contributed by atoms with E-state index in [0.29, 0.717) is 30.3 Å². The molecule has 0 spiro atoms. The molecule has 0 aliphatic rings. The van der Waals surface area contributed by atoms with Crippen LogP contribution in [0.25, 0.3) is 11.5 Å². The molecule has 2 aromatic carbocycles. The van der Waals surface area contributed by atoms with Gasteiger partial charge in [0.1, 0.15) is 11.5 Å². The lowest BCUT2D eigenvalue weighted by Gasteiger charge is -2.08. The zero-order valence-corrected chi connectivity index (χ0v) is 15.0. The highest BCUT2D eigenvalue weighted by Gasteiger charge is 2.14. The van der Waals surface area contributed by atoms with Crippen LogP contribution in [0.5, 0.6) is 5.75 Å². The molecule has 1 heterocycles. The monoisotopic (exact) mass is 350 g/mol. The number of aryl methyl sites for hydroxylation is 1. The van der Waals surface area contributed by atoms with Crippen LogP contribution < -0.4 is 10.1 Å². The van der Waals surface area contributed by atoms with Crippen molar-refractivity contribution in [2.24, 2.45) is 0 Å². The van der Waals surface area contributed by atoms with Gasteiger partial charge in [-0.05, 0) is 37.1 Å². The first-order valence-electron chi connectivity index (χ1n) is 8.57. The molecule has 134 valence electrons. The van der Waals surface area contributed by atoms with E-state index in [0.717, 1.165) is 16.9 Å². The highest BCUT2D eigenvalue weighted by molar-refractivity contribution is 5.78. The second-order valence-electron chi connectivity index (χ2n) is 5.98. The Kier molecular flexibility index (Phi) is 5.69. The minimum Gasteiger partial charge on any atom is -0.496 e. The lowest BCUT2D eigenvalue weighted by atomic mass is 10.1. The summed E-state index contributed by atoms with van der Waals surface area (Å²) in [4.78, 5) is 16.7. The molecule has 0 saturated heterocycles. The second kappa shape index (κ2) is 8.34. The van der Waals surface area contributed by atoms with Crippen molar-refractivity contribution in [2.45, 2.75) is 19.8 Å². The van der Waals surface area contributed by atoms with Crippen LogP contribution in [-0.4, -0.2) is 24.5 Å². The van der Waals surface area contributed by atoms with Crippen LogP contribution >= 0.6 is 0 Å². The van der Waals surface area contributed by atoms with Gasteiger partial charge in [-0.3, -0.25) is 4.79 Å². The van der Waals surface area contributed by atoms with Gasteiger partial charge in [0, 0.05) is 12.1 Å². The number of oxazole rings is 1. The van der Waals surface area contributed by atoms with E-state index in [-0.39, 0.29) is 12.3 Å². The van der Waals surface area contributed by atoms with Gasteiger partial charge in [0.05, 0.1) is 19.2 Å². The summed E-state index contributed by atoms with van der Waals surface area (Å²) in [5, 5.41) is 2.93. The highest BCUT2D eigenvalue weighted by Crippen LogP contribution is 2.21. The van der Waals surface area contributed by atoms with Crippen molar-refractivity contribution < 1.29 is 13.9 Å². The fraction of sp³-hybridized carbons (Fsp3) is 0.238. The van der Waals surface area contributed by atoms with E-state index in [1.807, 2.05) is 61.5 Å². The number of nitrogens with one attached hydrogen (secondary N) is 1. The van der Waals surface area contributed by atoms with E-state index in [2.05, 4.69) is 10.3 Å². The van der Waals surface area contributed by atoms with Gasteiger partial charge < -0.3 is 14.5 Å². The Labute approximate surface area is 153 Å². The molecular weight excluding hydrogens is 328 g/mol. The number of hydrogen-bond acceptors (Lipinski definition) is 4. The average molecular weight is 350 g/mol. The molecule has 1 N–H and O–H groups in total. The quantitative estimate of drug-likeness (QED) is 0.708. The molecule has 1 aromatic heterocycles.